The summed E-state index contributed by atoms with van der Waals surface area (Å²) in [5, 5.41) is 0. The fourth-order valence-corrected chi connectivity index (χ4v) is 2.33. The van der Waals surface area contributed by atoms with Crippen LogP contribution >= 0.6 is 0 Å². The van der Waals surface area contributed by atoms with Gasteiger partial charge in [0, 0.05) is 6.04 Å². The van der Waals surface area contributed by atoms with Crippen molar-refractivity contribution in [2.45, 2.75) is 39.2 Å². The van der Waals surface area contributed by atoms with Crippen LogP contribution in [0.1, 0.15) is 41.6 Å². The Morgan fingerprint density at radius 3 is 2.30 bits per heavy atom. The Labute approximate surface area is 120 Å². The van der Waals surface area contributed by atoms with Crippen LogP contribution in [0.15, 0.2) is 42.5 Å². The Balaban J connectivity index is 1.96. The molecule has 0 aliphatic rings. The number of halogens is 1. The minimum absolute atomic E-state index is 0.0415. The van der Waals surface area contributed by atoms with Gasteiger partial charge >= 0.3 is 0 Å². The molecule has 2 aromatic rings. The van der Waals surface area contributed by atoms with Crippen LogP contribution in [-0.2, 0) is 12.8 Å². The first-order chi connectivity index (χ1) is 9.60. The summed E-state index contributed by atoms with van der Waals surface area (Å²) in [4.78, 5) is 0. The summed E-state index contributed by atoms with van der Waals surface area (Å²) < 4.78 is 13.2. The summed E-state index contributed by atoms with van der Waals surface area (Å²) in [6.45, 7) is 3.93. The predicted octanol–water partition coefficient (Wildman–Crippen LogP) is 4.33. The number of hydrogen-bond donors (Lipinski definition) is 1. The lowest BCUT2D eigenvalue weighted by atomic mass is 9.98. The molecule has 1 unspecified atom stereocenters. The lowest BCUT2D eigenvalue weighted by Gasteiger charge is -2.13. The van der Waals surface area contributed by atoms with E-state index in [0.717, 1.165) is 24.8 Å². The molecule has 1 atom stereocenters. The van der Waals surface area contributed by atoms with Crippen LogP contribution in [0.5, 0.6) is 0 Å². The second-order valence-corrected chi connectivity index (χ2v) is 5.32. The SMILES string of the molecule is CCc1ccc(CCC(N)c2ccc(F)c(C)c2)cc1. The van der Waals surface area contributed by atoms with E-state index < -0.39 is 0 Å². The summed E-state index contributed by atoms with van der Waals surface area (Å²) in [7, 11) is 0. The average molecular weight is 271 g/mol. The Hall–Kier alpha value is -1.67. The second-order valence-electron chi connectivity index (χ2n) is 5.32. The molecule has 0 amide bonds. The first-order valence-corrected chi connectivity index (χ1v) is 7.19. The molecule has 0 fully saturated rings. The maximum atomic E-state index is 13.2. The quantitative estimate of drug-likeness (QED) is 0.860. The molecule has 0 heterocycles. The maximum Gasteiger partial charge on any atom is 0.126 e. The lowest BCUT2D eigenvalue weighted by molar-refractivity contribution is 0.610. The zero-order valence-electron chi connectivity index (χ0n) is 12.2. The summed E-state index contributed by atoms with van der Waals surface area (Å²) >= 11 is 0. The molecule has 0 saturated carbocycles. The fourth-order valence-electron chi connectivity index (χ4n) is 2.33. The van der Waals surface area contributed by atoms with Crippen molar-refractivity contribution in [1.82, 2.24) is 0 Å². The van der Waals surface area contributed by atoms with Crippen molar-refractivity contribution in [1.29, 1.82) is 0 Å². The number of nitrogens with two attached hydrogens (primary N) is 1. The Kier molecular flexibility index (Phi) is 4.91. The molecule has 20 heavy (non-hydrogen) atoms. The summed E-state index contributed by atoms with van der Waals surface area (Å²) in [5.41, 5.74) is 10.5. The van der Waals surface area contributed by atoms with Gasteiger partial charge in [0.25, 0.3) is 0 Å². The number of benzene rings is 2. The largest absolute Gasteiger partial charge is 0.324 e. The van der Waals surface area contributed by atoms with E-state index in [1.165, 1.54) is 17.2 Å². The van der Waals surface area contributed by atoms with Gasteiger partial charge in [0.05, 0.1) is 0 Å². The van der Waals surface area contributed by atoms with E-state index in [-0.39, 0.29) is 11.9 Å². The van der Waals surface area contributed by atoms with Gasteiger partial charge in [0.1, 0.15) is 5.82 Å². The van der Waals surface area contributed by atoms with Crippen LogP contribution in [0.2, 0.25) is 0 Å². The normalized spacial score (nSPS) is 12.4. The van der Waals surface area contributed by atoms with Crippen molar-refractivity contribution in [2.24, 2.45) is 5.73 Å². The maximum absolute atomic E-state index is 13.2. The minimum atomic E-state index is -0.170. The van der Waals surface area contributed by atoms with Gasteiger partial charge in [-0.15, -0.1) is 0 Å². The summed E-state index contributed by atoms with van der Waals surface area (Å²) in [5.74, 6) is -0.170. The zero-order valence-corrected chi connectivity index (χ0v) is 12.2. The molecule has 0 radical (unpaired) electrons. The molecule has 2 heteroatoms. The lowest BCUT2D eigenvalue weighted by Crippen LogP contribution is -2.11. The molecule has 0 saturated heterocycles. The van der Waals surface area contributed by atoms with Crippen LogP contribution in [-0.4, -0.2) is 0 Å². The molecule has 1 nitrogen and oxygen atoms in total. The van der Waals surface area contributed by atoms with E-state index >= 15 is 0 Å². The van der Waals surface area contributed by atoms with Gasteiger partial charge in [-0.05, 0) is 54.5 Å². The standard InChI is InChI=1S/C18H22FN/c1-3-14-4-6-15(7-5-14)8-11-18(20)16-9-10-17(19)13(2)12-16/h4-7,9-10,12,18H,3,8,11,20H2,1-2H3. The van der Waals surface area contributed by atoms with Gasteiger partial charge < -0.3 is 5.73 Å². The van der Waals surface area contributed by atoms with E-state index in [9.17, 15) is 4.39 Å². The van der Waals surface area contributed by atoms with Gasteiger partial charge in [-0.2, -0.15) is 0 Å². The molecule has 2 N–H and O–H groups in total. The van der Waals surface area contributed by atoms with E-state index in [1.54, 1.807) is 13.0 Å². The van der Waals surface area contributed by atoms with E-state index in [0.29, 0.717) is 5.56 Å². The number of hydrogen-bond acceptors (Lipinski definition) is 1. The molecule has 0 aliphatic heterocycles. The average Bonchev–Trinajstić information content (AvgIpc) is 2.48. The van der Waals surface area contributed by atoms with Crippen molar-refractivity contribution in [3.8, 4) is 0 Å². The Bertz CT molecular complexity index is 560. The highest BCUT2D eigenvalue weighted by Gasteiger charge is 2.08. The smallest absolute Gasteiger partial charge is 0.126 e. The van der Waals surface area contributed by atoms with E-state index in [2.05, 4.69) is 31.2 Å². The Morgan fingerprint density at radius 1 is 1.05 bits per heavy atom. The summed E-state index contributed by atoms with van der Waals surface area (Å²) in [6, 6.07) is 13.8. The van der Waals surface area contributed by atoms with Crippen LogP contribution < -0.4 is 5.73 Å². The highest BCUT2D eigenvalue weighted by Crippen LogP contribution is 2.19. The molecule has 0 bridgehead atoms. The van der Waals surface area contributed by atoms with Gasteiger partial charge in [0.2, 0.25) is 0 Å². The number of aryl methyl sites for hydroxylation is 3. The van der Waals surface area contributed by atoms with Crippen molar-refractivity contribution in [3.05, 3.63) is 70.5 Å². The monoisotopic (exact) mass is 271 g/mol. The molecule has 0 spiro atoms. The van der Waals surface area contributed by atoms with E-state index in [4.69, 9.17) is 5.73 Å². The zero-order chi connectivity index (χ0) is 14.5. The Morgan fingerprint density at radius 2 is 1.70 bits per heavy atom. The topological polar surface area (TPSA) is 26.0 Å². The van der Waals surface area contributed by atoms with Gasteiger partial charge in [-0.3, -0.25) is 0 Å². The van der Waals surface area contributed by atoms with Gasteiger partial charge in [-0.1, -0.05) is 43.3 Å². The van der Waals surface area contributed by atoms with Crippen molar-refractivity contribution in [3.63, 3.8) is 0 Å². The van der Waals surface area contributed by atoms with Gasteiger partial charge in [0.15, 0.2) is 0 Å². The molecular formula is C18H22FN. The summed E-state index contributed by atoms with van der Waals surface area (Å²) in [6.07, 6.45) is 2.88. The first-order valence-electron chi connectivity index (χ1n) is 7.19. The minimum Gasteiger partial charge on any atom is -0.324 e. The molecule has 2 aromatic carbocycles. The number of rotatable bonds is 5. The first kappa shape index (κ1) is 14.7. The molecule has 2 rings (SSSR count). The third kappa shape index (κ3) is 3.67. The third-order valence-electron chi connectivity index (χ3n) is 3.79. The van der Waals surface area contributed by atoms with Crippen molar-refractivity contribution in [2.75, 3.05) is 0 Å². The highest BCUT2D eigenvalue weighted by atomic mass is 19.1. The van der Waals surface area contributed by atoms with Crippen LogP contribution in [0.3, 0.4) is 0 Å². The molecule has 0 aromatic heterocycles. The van der Waals surface area contributed by atoms with Gasteiger partial charge in [-0.25, -0.2) is 4.39 Å². The van der Waals surface area contributed by atoms with Crippen molar-refractivity contribution >= 4 is 0 Å². The predicted molar refractivity (Wildman–Crippen MR) is 82.2 cm³/mol. The fraction of sp³-hybridized carbons (Fsp3) is 0.333. The van der Waals surface area contributed by atoms with Crippen LogP contribution in [0.25, 0.3) is 0 Å². The van der Waals surface area contributed by atoms with E-state index in [1.807, 2.05) is 6.07 Å². The van der Waals surface area contributed by atoms with Crippen LogP contribution in [0.4, 0.5) is 4.39 Å². The van der Waals surface area contributed by atoms with Crippen LogP contribution in [0, 0.1) is 12.7 Å². The van der Waals surface area contributed by atoms with Crippen molar-refractivity contribution < 1.29 is 4.39 Å². The highest BCUT2D eigenvalue weighted by molar-refractivity contribution is 5.27. The molecule has 106 valence electrons. The molecule has 0 aliphatic carbocycles. The second kappa shape index (κ2) is 6.67. The third-order valence-corrected chi connectivity index (χ3v) is 3.79. The molecular weight excluding hydrogens is 249 g/mol.